The minimum absolute atomic E-state index is 0.224. The molecule has 6 heteroatoms. The Morgan fingerprint density at radius 3 is 2.42 bits per heavy atom. The number of aliphatic carboxylic acids is 1. The minimum atomic E-state index is -0.759. The van der Waals surface area contributed by atoms with Crippen molar-refractivity contribution in [3.63, 3.8) is 0 Å². The summed E-state index contributed by atoms with van der Waals surface area (Å²) in [6, 6.07) is 3.87. The van der Waals surface area contributed by atoms with E-state index in [0.717, 1.165) is 18.9 Å². The topological polar surface area (TPSA) is 52.6 Å². The highest BCUT2D eigenvalue weighted by Gasteiger charge is 2.35. The molecule has 1 fully saturated rings. The Labute approximate surface area is 141 Å². The third kappa shape index (κ3) is 4.04. The number of carbonyl (C=O) groups is 1. The summed E-state index contributed by atoms with van der Waals surface area (Å²) in [7, 11) is 0. The molecule has 0 amide bonds. The second-order valence-corrected chi connectivity index (χ2v) is 6.53. The Morgan fingerprint density at radius 2 is 1.92 bits per heavy atom. The van der Waals surface area contributed by atoms with Crippen LogP contribution in [0.4, 0.5) is 14.5 Å². The van der Waals surface area contributed by atoms with Crippen LogP contribution < -0.4 is 10.2 Å². The number of hydrogen-bond donors (Lipinski definition) is 2. The monoisotopic (exact) mass is 340 g/mol. The Kier molecular flexibility index (Phi) is 6.15. The fourth-order valence-electron chi connectivity index (χ4n) is 3.28. The first-order chi connectivity index (χ1) is 11.4. The Balaban J connectivity index is 1.90. The van der Waals surface area contributed by atoms with Gasteiger partial charge in [-0.3, -0.25) is 4.79 Å². The molecule has 1 heterocycles. The van der Waals surface area contributed by atoms with E-state index in [1.165, 1.54) is 12.1 Å². The summed E-state index contributed by atoms with van der Waals surface area (Å²) in [4.78, 5) is 13.5. The lowest BCUT2D eigenvalue weighted by Crippen LogP contribution is -2.48. The molecule has 134 valence electrons. The first-order valence-electron chi connectivity index (χ1n) is 8.58. The van der Waals surface area contributed by atoms with Crippen LogP contribution in [0.3, 0.4) is 0 Å². The van der Waals surface area contributed by atoms with Crippen LogP contribution in [0, 0.1) is 17.0 Å². The van der Waals surface area contributed by atoms with Crippen molar-refractivity contribution in [3.05, 3.63) is 29.8 Å². The SMILES string of the molecule is CCC(CC)(CNC1CCN(c2ccc(F)cc2F)CC1)C(=O)O. The van der Waals surface area contributed by atoms with Crippen LogP contribution in [0.25, 0.3) is 0 Å². The smallest absolute Gasteiger partial charge is 0.310 e. The van der Waals surface area contributed by atoms with Crippen LogP contribution >= 0.6 is 0 Å². The number of hydrogen-bond acceptors (Lipinski definition) is 3. The average molecular weight is 340 g/mol. The number of nitrogens with zero attached hydrogens (tertiary/aromatic N) is 1. The van der Waals surface area contributed by atoms with E-state index in [0.29, 0.717) is 38.2 Å². The predicted octanol–water partition coefficient (Wildman–Crippen LogP) is 3.41. The molecule has 1 aromatic rings. The maximum Gasteiger partial charge on any atom is 0.310 e. The molecule has 1 aliphatic rings. The van der Waals surface area contributed by atoms with Crippen molar-refractivity contribution in [1.82, 2.24) is 5.32 Å². The van der Waals surface area contributed by atoms with E-state index in [9.17, 15) is 18.7 Å². The molecule has 0 atom stereocenters. The molecule has 2 rings (SSSR count). The summed E-state index contributed by atoms with van der Waals surface area (Å²) in [5, 5.41) is 12.9. The van der Waals surface area contributed by atoms with Gasteiger partial charge in [-0.15, -0.1) is 0 Å². The number of piperidine rings is 1. The van der Waals surface area contributed by atoms with Gasteiger partial charge in [0.05, 0.1) is 11.1 Å². The molecule has 0 aliphatic carbocycles. The highest BCUT2D eigenvalue weighted by Crippen LogP contribution is 2.27. The van der Waals surface area contributed by atoms with Crippen molar-refractivity contribution in [2.45, 2.75) is 45.6 Å². The van der Waals surface area contributed by atoms with Gasteiger partial charge in [-0.25, -0.2) is 8.78 Å². The lowest BCUT2D eigenvalue weighted by molar-refractivity contribution is -0.149. The molecule has 0 unspecified atom stereocenters. The second kappa shape index (κ2) is 7.92. The number of halogens is 2. The van der Waals surface area contributed by atoms with Crippen LogP contribution in [-0.4, -0.2) is 36.8 Å². The summed E-state index contributed by atoms with van der Waals surface area (Å²) in [5.74, 6) is -1.87. The van der Waals surface area contributed by atoms with Gasteiger partial charge in [-0.1, -0.05) is 13.8 Å². The summed E-state index contributed by atoms with van der Waals surface area (Å²) in [5.41, 5.74) is -0.294. The van der Waals surface area contributed by atoms with Crippen molar-refractivity contribution in [3.8, 4) is 0 Å². The maximum atomic E-state index is 13.9. The summed E-state index contributed by atoms with van der Waals surface area (Å²) < 4.78 is 26.9. The van der Waals surface area contributed by atoms with Crippen molar-refractivity contribution in [2.75, 3.05) is 24.5 Å². The number of rotatable bonds is 7. The van der Waals surface area contributed by atoms with Gasteiger partial charge in [0.1, 0.15) is 11.6 Å². The average Bonchev–Trinajstić information content (AvgIpc) is 2.57. The van der Waals surface area contributed by atoms with Gasteiger partial charge in [0, 0.05) is 31.7 Å². The first-order valence-corrected chi connectivity index (χ1v) is 8.58. The molecule has 4 nitrogen and oxygen atoms in total. The van der Waals surface area contributed by atoms with Gasteiger partial charge in [-0.05, 0) is 37.8 Å². The number of benzene rings is 1. The second-order valence-electron chi connectivity index (χ2n) is 6.53. The molecule has 24 heavy (non-hydrogen) atoms. The van der Waals surface area contributed by atoms with Crippen LogP contribution in [0.1, 0.15) is 39.5 Å². The van der Waals surface area contributed by atoms with Crippen molar-refractivity contribution in [2.24, 2.45) is 5.41 Å². The molecule has 1 aromatic carbocycles. The van der Waals surface area contributed by atoms with E-state index < -0.39 is 23.0 Å². The fourth-order valence-corrected chi connectivity index (χ4v) is 3.28. The lowest BCUT2D eigenvalue weighted by Gasteiger charge is -2.36. The zero-order valence-electron chi connectivity index (χ0n) is 14.3. The van der Waals surface area contributed by atoms with Gasteiger partial charge in [0.25, 0.3) is 0 Å². The Hall–Kier alpha value is -1.69. The third-order valence-corrected chi connectivity index (χ3v) is 5.28. The summed E-state index contributed by atoms with van der Waals surface area (Å²) in [6.45, 7) is 5.58. The zero-order chi connectivity index (χ0) is 17.7. The molecular weight excluding hydrogens is 314 g/mol. The van der Waals surface area contributed by atoms with Gasteiger partial charge >= 0.3 is 5.97 Å². The quantitative estimate of drug-likeness (QED) is 0.799. The molecule has 0 aromatic heterocycles. The fraction of sp³-hybridized carbons (Fsp3) is 0.611. The molecule has 0 radical (unpaired) electrons. The largest absolute Gasteiger partial charge is 0.481 e. The molecule has 0 saturated carbocycles. The van der Waals surface area contributed by atoms with E-state index in [4.69, 9.17) is 0 Å². The normalized spacial score (nSPS) is 16.4. The van der Waals surface area contributed by atoms with Gasteiger partial charge < -0.3 is 15.3 Å². The Morgan fingerprint density at radius 1 is 1.29 bits per heavy atom. The summed E-state index contributed by atoms with van der Waals surface area (Å²) >= 11 is 0. The summed E-state index contributed by atoms with van der Waals surface area (Å²) in [6.07, 6.45) is 2.79. The van der Waals surface area contributed by atoms with Crippen LogP contribution in [-0.2, 0) is 4.79 Å². The molecule has 0 bridgehead atoms. The molecule has 1 aliphatic heterocycles. The number of anilines is 1. The van der Waals surface area contributed by atoms with Crippen molar-refractivity contribution < 1.29 is 18.7 Å². The molecule has 0 spiro atoms. The van der Waals surface area contributed by atoms with Crippen LogP contribution in [0.5, 0.6) is 0 Å². The Bertz CT molecular complexity index is 568. The number of carboxylic acids is 1. The van der Waals surface area contributed by atoms with Gasteiger partial charge in [0.15, 0.2) is 0 Å². The third-order valence-electron chi connectivity index (χ3n) is 5.28. The molecule has 1 saturated heterocycles. The minimum Gasteiger partial charge on any atom is -0.481 e. The zero-order valence-corrected chi connectivity index (χ0v) is 14.3. The van der Waals surface area contributed by atoms with Crippen LogP contribution in [0.2, 0.25) is 0 Å². The lowest BCUT2D eigenvalue weighted by atomic mass is 9.82. The molecule has 2 N–H and O–H groups in total. The van der Waals surface area contributed by atoms with E-state index in [1.54, 1.807) is 0 Å². The van der Waals surface area contributed by atoms with E-state index >= 15 is 0 Å². The number of carboxylic acid groups (broad SMARTS) is 1. The molecular formula is C18H26F2N2O2. The van der Waals surface area contributed by atoms with Crippen molar-refractivity contribution >= 4 is 11.7 Å². The highest BCUT2D eigenvalue weighted by atomic mass is 19.1. The van der Waals surface area contributed by atoms with Gasteiger partial charge in [-0.2, -0.15) is 0 Å². The van der Waals surface area contributed by atoms with E-state index in [1.807, 2.05) is 18.7 Å². The number of nitrogens with one attached hydrogen (secondary N) is 1. The van der Waals surface area contributed by atoms with Crippen LogP contribution in [0.15, 0.2) is 18.2 Å². The maximum absolute atomic E-state index is 13.9. The van der Waals surface area contributed by atoms with Crippen molar-refractivity contribution in [1.29, 1.82) is 0 Å². The standard InChI is InChI=1S/C18H26F2N2O2/c1-3-18(4-2,17(23)24)12-21-14-7-9-22(10-8-14)16-6-5-13(19)11-15(16)20/h5-6,11,14,21H,3-4,7-10,12H2,1-2H3,(H,23,24). The van der Waals surface area contributed by atoms with Gasteiger partial charge in [0.2, 0.25) is 0 Å². The predicted molar refractivity (Wildman–Crippen MR) is 90.2 cm³/mol. The highest BCUT2D eigenvalue weighted by molar-refractivity contribution is 5.74. The van der Waals surface area contributed by atoms with E-state index in [-0.39, 0.29) is 6.04 Å². The van der Waals surface area contributed by atoms with E-state index in [2.05, 4.69) is 5.32 Å². The first kappa shape index (κ1) is 18.6.